The van der Waals surface area contributed by atoms with Crippen LogP contribution in [-0.4, -0.2) is 23.0 Å². The number of rotatable bonds is 6. The molecule has 0 atom stereocenters. The zero-order valence-corrected chi connectivity index (χ0v) is 12.7. The summed E-state index contributed by atoms with van der Waals surface area (Å²) < 4.78 is 5.73. The van der Waals surface area contributed by atoms with Gasteiger partial charge in [0.15, 0.2) is 5.78 Å². The molecule has 4 heteroatoms. The minimum absolute atomic E-state index is 0.0286. The second kappa shape index (κ2) is 6.55. The molecule has 0 aliphatic rings. The van der Waals surface area contributed by atoms with Gasteiger partial charge in [0.05, 0.1) is 12.5 Å². The van der Waals surface area contributed by atoms with E-state index in [1.807, 2.05) is 40.7 Å². The van der Waals surface area contributed by atoms with Crippen LogP contribution in [0.3, 0.4) is 0 Å². The Hall–Kier alpha value is -1.84. The number of Topliss-reactive ketones (excluding diaryl/α,β-unsaturated/α-hetero) is 1. The second-order valence-electron chi connectivity index (χ2n) is 5.30. The van der Waals surface area contributed by atoms with Gasteiger partial charge in [0, 0.05) is 12.0 Å². The van der Waals surface area contributed by atoms with Crippen LogP contribution in [0.1, 0.15) is 53.7 Å². The first-order chi connectivity index (χ1) is 9.23. The molecule has 0 fully saturated rings. The summed E-state index contributed by atoms with van der Waals surface area (Å²) in [6, 6.07) is 1.86. The predicted octanol–water partition coefficient (Wildman–Crippen LogP) is 3.45. The number of ketones is 1. The van der Waals surface area contributed by atoms with Crippen LogP contribution in [0.4, 0.5) is 0 Å². The van der Waals surface area contributed by atoms with Gasteiger partial charge >= 0.3 is 5.97 Å². The van der Waals surface area contributed by atoms with E-state index in [4.69, 9.17) is 9.84 Å². The Labute approximate surface area is 119 Å². The molecule has 0 saturated heterocycles. The molecule has 0 unspecified atom stereocenters. The van der Waals surface area contributed by atoms with Crippen molar-refractivity contribution in [1.82, 2.24) is 0 Å². The van der Waals surface area contributed by atoms with Crippen molar-refractivity contribution in [3.63, 3.8) is 0 Å². The molecule has 1 aromatic rings. The van der Waals surface area contributed by atoms with E-state index in [9.17, 15) is 9.59 Å². The van der Waals surface area contributed by atoms with Crippen molar-refractivity contribution in [3.8, 4) is 5.75 Å². The molecule has 1 N–H and O–H groups in total. The first-order valence-electron chi connectivity index (χ1n) is 6.76. The molecular formula is C16H22O4. The van der Waals surface area contributed by atoms with Crippen LogP contribution < -0.4 is 4.74 Å². The van der Waals surface area contributed by atoms with Gasteiger partial charge in [0.1, 0.15) is 5.75 Å². The summed E-state index contributed by atoms with van der Waals surface area (Å²) in [4.78, 5) is 22.7. The van der Waals surface area contributed by atoms with Gasteiger partial charge in [-0.3, -0.25) is 9.59 Å². The minimum atomic E-state index is -0.954. The zero-order valence-electron chi connectivity index (χ0n) is 12.7. The molecule has 0 aliphatic carbocycles. The molecule has 0 aromatic heterocycles. The Morgan fingerprint density at radius 2 is 1.75 bits per heavy atom. The number of benzene rings is 1. The zero-order chi connectivity index (χ0) is 15.4. The Morgan fingerprint density at radius 3 is 2.25 bits per heavy atom. The van der Waals surface area contributed by atoms with Gasteiger partial charge in [-0.2, -0.15) is 0 Å². The molecule has 110 valence electrons. The van der Waals surface area contributed by atoms with Gasteiger partial charge in [-0.05, 0) is 57.4 Å². The average Bonchev–Trinajstić information content (AvgIpc) is 2.32. The lowest BCUT2D eigenvalue weighted by Crippen LogP contribution is -2.12. The van der Waals surface area contributed by atoms with Crippen molar-refractivity contribution >= 4 is 11.8 Å². The van der Waals surface area contributed by atoms with Crippen LogP contribution >= 0.6 is 0 Å². The standard InChI is InChI=1S/C16H22O4/c1-9(2)20-14-8-10(3)16(12(5)11(14)4)13(17)6-7-15(18)19/h8-9H,6-7H2,1-5H3,(H,18,19). The van der Waals surface area contributed by atoms with E-state index < -0.39 is 5.97 Å². The minimum Gasteiger partial charge on any atom is -0.491 e. The summed E-state index contributed by atoms with van der Waals surface area (Å²) in [7, 11) is 0. The van der Waals surface area contributed by atoms with E-state index >= 15 is 0 Å². The topological polar surface area (TPSA) is 63.6 Å². The molecule has 0 amide bonds. The molecule has 0 aliphatic heterocycles. The number of ether oxygens (including phenoxy) is 1. The highest BCUT2D eigenvalue weighted by atomic mass is 16.5. The molecule has 0 saturated carbocycles. The monoisotopic (exact) mass is 278 g/mol. The molecule has 1 aromatic carbocycles. The third-order valence-electron chi connectivity index (χ3n) is 3.26. The van der Waals surface area contributed by atoms with Crippen LogP contribution in [0.25, 0.3) is 0 Å². The average molecular weight is 278 g/mol. The summed E-state index contributed by atoms with van der Waals surface area (Å²) in [5.41, 5.74) is 3.26. The van der Waals surface area contributed by atoms with Gasteiger partial charge in [-0.15, -0.1) is 0 Å². The maximum Gasteiger partial charge on any atom is 0.303 e. The summed E-state index contributed by atoms with van der Waals surface area (Å²) in [6.45, 7) is 9.56. The van der Waals surface area contributed by atoms with Crippen LogP contribution in [-0.2, 0) is 4.79 Å². The van der Waals surface area contributed by atoms with Crippen molar-refractivity contribution in [2.45, 2.75) is 53.6 Å². The lowest BCUT2D eigenvalue weighted by Gasteiger charge is -2.18. The maximum atomic E-state index is 12.2. The molecule has 0 radical (unpaired) electrons. The highest BCUT2D eigenvalue weighted by Gasteiger charge is 2.18. The van der Waals surface area contributed by atoms with Crippen molar-refractivity contribution in [3.05, 3.63) is 28.3 Å². The third kappa shape index (κ3) is 3.83. The van der Waals surface area contributed by atoms with E-state index in [2.05, 4.69) is 0 Å². The molecule has 0 bridgehead atoms. The van der Waals surface area contributed by atoms with E-state index in [0.29, 0.717) is 5.56 Å². The molecular weight excluding hydrogens is 256 g/mol. The lowest BCUT2D eigenvalue weighted by molar-refractivity contribution is -0.136. The molecule has 1 rings (SSSR count). The smallest absolute Gasteiger partial charge is 0.303 e. The number of carboxylic acid groups (broad SMARTS) is 1. The van der Waals surface area contributed by atoms with Crippen molar-refractivity contribution in [1.29, 1.82) is 0 Å². The summed E-state index contributed by atoms with van der Waals surface area (Å²) in [5, 5.41) is 8.67. The molecule has 20 heavy (non-hydrogen) atoms. The first kappa shape index (κ1) is 16.2. The quantitative estimate of drug-likeness (QED) is 0.809. The number of hydrogen-bond donors (Lipinski definition) is 1. The van der Waals surface area contributed by atoms with Crippen LogP contribution in [0.2, 0.25) is 0 Å². The van der Waals surface area contributed by atoms with Crippen LogP contribution in [0, 0.1) is 20.8 Å². The second-order valence-corrected chi connectivity index (χ2v) is 5.30. The molecule has 0 heterocycles. The third-order valence-corrected chi connectivity index (χ3v) is 3.26. The summed E-state index contributed by atoms with van der Waals surface area (Å²) in [6.07, 6.45) is -0.0389. The SMILES string of the molecule is Cc1cc(OC(C)C)c(C)c(C)c1C(=O)CCC(=O)O. The highest BCUT2D eigenvalue weighted by Crippen LogP contribution is 2.29. The van der Waals surface area contributed by atoms with Gasteiger partial charge in [-0.25, -0.2) is 0 Å². The fraction of sp³-hybridized carbons (Fsp3) is 0.500. The number of hydrogen-bond acceptors (Lipinski definition) is 3. The number of aryl methyl sites for hydroxylation is 1. The fourth-order valence-electron chi connectivity index (χ4n) is 2.20. The van der Waals surface area contributed by atoms with Crippen molar-refractivity contribution in [2.75, 3.05) is 0 Å². The number of carbonyl (C=O) groups is 2. The largest absolute Gasteiger partial charge is 0.491 e. The normalized spacial score (nSPS) is 10.7. The van der Waals surface area contributed by atoms with Gasteiger partial charge in [-0.1, -0.05) is 0 Å². The number of carboxylic acids is 1. The Balaban J connectivity index is 3.13. The summed E-state index contributed by atoms with van der Waals surface area (Å²) >= 11 is 0. The number of aliphatic carboxylic acids is 1. The molecule has 0 spiro atoms. The van der Waals surface area contributed by atoms with Gasteiger partial charge < -0.3 is 9.84 Å². The number of carbonyl (C=O) groups excluding carboxylic acids is 1. The highest BCUT2D eigenvalue weighted by molar-refractivity contribution is 6.00. The van der Waals surface area contributed by atoms with Crippen molar-refractivity contribution < 1.29 is 19.4 Å². The Morgan fingerprint density at radius 1 is 1.15 bits per heavy atom. The predicted molar refractivity (Wildman–Crippen MR) is 77.6 cm³/mol. The Kier molecular flexibility index (Phi) is 5.31. The van der Waals surface area contributed by atoms with E-state index in [1.54, 1.807) is 0 Å². The summed E-state index contributed by atoms with van der Waals surface area (Å²) in [5.74, 6) is -0.295. The van der Waals surface area contributed by atoms with E-state index in [1.165, 1.54) is 0 Å². The first-order valence-corrected chi connectivity index (χ1v) is 6.76. The molecule has 4 nitrogen and oxygen atoms in total. The van der Waals surface area contributed by atoms with E-state index in [-0.39, 0.29) is 24.7 Å². The lowest BCUT2D eigenvalue weighted by atomic mass is 9.92. The fourth-order valence-corrected chi connectivity index (χ4v) is 2.20. The van der Waals surface area contributed by atoms with E-state index in [0.717, 1.165) is 22.4 Å². The Bertz CT molecular complexity index is 530. The van der Waals surface area contributed by atoms with Crippen LogP contribution in [0.15, 0.2) is 6.07 Å². The van der Waals surface area contributed by atoms with Crippen molar-refractivity contribution in [2.24, 2.45) is 0 Å². The maximum absolute atomic E-state index is 12.2. The van der Waals surface area contributed by atoms with Crippen LogP contribution in [0.5, 0.6) is 5.75 Å². The van der Waals surface area contributed by atoms with Gasteiger partial charge in [0.2, 0.25) is 0 Å². The van der Waals surface area contributed by atoms with Gasteiger partial charge in [0.25, 0.3) is 0 Å².